The second-order valence-corrected chi connectivity index (χ2v) is 3.90. The summed E-state index contributed by atoms with van der Waals surface area (Å²) in [5, 5.41) is 11.5. The Morgan fingerprint density at radius 3 is 2.69 bits per heavy atom. The molecule has 0 spiro atoms. The lowest BCUT2D eigenvalue weighted by atomic mass is 10.3. The van der Waals surface area contributed by atoms with Gasteiger partial charge in [0, 0.05) is 19.0 Å². The molecule has 0 aromatic rings. The Kier molecular flexibility index (Phi) is 4.80. The molecule has 88 valence electrons. The number of nitrogens with one attached hydrogen (secondary N) is 1. The Labute approximate surface area is 94.8 Å². The van der Waals surface area contributed by atoms with Gasteiger partial charge in [-0.2, -0.15) is 0 Å². The molecule has 5 heteroatoms. The van der Waals surface area contributed by atoms with E-state index in [1.54, 1.807) is 4.90 Å². The summed E-state index contributed by atoms with van der Waals surface area (Å²) < 4.78 is 0. The zero-order chi connectivity index (χ0) is 12.0. The van der Waals surface area contributed by atoms with Gasteiger partial charge in [-0.15, -0.1) is 6.42 Å². The molecule has 0 aliphatic heterocycles. The maximum atomic E-state index is 11.4. The molecule has 16 heavy (non-hydrogen) atoms. The quantitative estimate of drug-likeness (QED) is 0.581. The van der Waals surface area contributed by atoms with Crippen LogP contribution in [-0.4, -0.2) is 47.6 Å². The second kappa shape index (κ2) is 6.13. The van der Waals surface area contributed by atoms with Gasteiger partial charge < -0.3 is 10.4 Å². The van der Waals surface area contributed by atoms with Gasteiger partial charge in [0.25, 0.3) is 0 Å². The Morgan fingerprint density at radius 2 is 2.19 bits per heavy atom. The summed E-state index contributed by atoms with van der Waals surface area (Å²) in [7, 11) is 0. The highest BCUT2D eigenvalue weighted by atomic mass is 16.4. The summed E-state index contributed by atoms with van der Waals surface area (Å²) >= 11 is 0. The van der Waals surface area contributed by atoms with Crippen molar-refractivity contribution in [2.24, 2.45) is 0 Å². The summed E-state index contributed by atoms with van der Waals surface area (Å²) in [4.78, 5) is 23.4. The average molecular weight is 224 g/mol. The van der Waals surface area contributed by atoms with Gasteiger partial charge in [0.05, 0.1) is 13.1 Å². The SMILES string of the molecule is C#CCN(CCC(=O)NC1CC1)CC(=O)O. The Hall–Kier alpha value is -1.54. The zero-order valence-corrected chi connectivity index (χ0v) is 9.11. The van der Waals surface area contributed by atoms with E-state index in [-0.39, 0.29) is 19.0 Å². The van der Waals surface area contributed by atoms with Crippen LogP contribution in [0.25, 0.3) is 0 Å². The molecule has 0 bridgehead atoms. The van der Waals surface area contributed by atoms with Crippen LogP contribution in [0.3, 0.4) is 0 Å². The molecule has 0 aromatic heterocycles. The van der Waals surface area contributed by atoms with E-state index in [1.165, 1.54) is 0 Å². The Bertz CT molecular complexity index is 305. The first kappa shape index (κ1) is 12.5. The van der Waals surface area contributed by atoms with E-state index in [0.29, 0.717) is 19.0 Å². The maximum Gasteiger partial charge on any atom is 0.317 e. The van der Waals surface area contributed by atoms with Gasteiger partial charge in [-0.05, 0) is 12.8 Å². The fourth-order valence-corrected chi connectivity index (χ4v) is 1.32. The molecule has 1 aliphatic carbocycles. The summed E-state index contributed by atoms with van der Waals surface area (Å²) in [6.45, 7) is 0.513. The van der Waals surface area contributed by atoms with Gasteiger partial charge >= 0.3 is 5.97 Å². The van der Waals surface area contributed by atoms with E-state index < -0.39 is 5.97 Å². The van der Waals surface area contributed by atoms with Crippen LogP contribution in [0.5, 0.6) is 0 Å². The molecule has 0 unspecified atom stereocenters. The summed E-state index contributed by atoms with van der Waals surface area (Å²) in [5.74, 6) is 1.42. The maximum absolute atomic E-state index is 11.4. The van der Waals surface area contributed by atoms with Crippen molar-refractivity contribution in [1.82, 2.24) is 10.2 Å². The minimum atomic E-state index is -0.933. The molecule has 5 nitrogen and oxygen atoms in total. The standard InChI is InChI=1S/C11H16N2O3/c1-2-6-13(8-11(15)16)7-5-10(14)12-9-3-4-9/h1,9H,3-8H2,(H,12,14)(H,15,16). The largest absolute Gasteiger partial charge is 0.480 e. The van der Waals surface area contributed by atoms with Crippen LogP contribution in [0.1, 0.15) is 19.3 Å². The first-order valence-corrected chi connectivity index (χ1v) is 5.29. The van der Waals surface area contributed by atoms with Crippen molar-refractivity contribution in [2.45, 2.75) is 25.3 Å². The van der Waals surface area contributed by atoms with Crippen LogP contribution in [0, 0.1) is 12.3 Å². The van der Waals surface area contributed by atoms with E-state index in [2.05, 4.69) is 11.2 Å². The lowest BCUT2D eigenvalue weighted by Gasteiger charge is -2.16. The highest BCUT2D eigenvalue weighted by molar-refractivity contribution is 5.76. The number of rotatable bonds is 7. The summed E-state index contributed by atoms with van der Waals surface area (Å²) in [6.07, 6.45) is 7.52. The van der Waals surface area contributed by atoms with Crippen LogP contribution >= 0.6 is 0 Å². The molecule has 1 aliphatic rings. The first-order valence-electron chi connectivity index (χ1n) is 5.29. The van der Waals surface area contributed by atoms with Crippen molar-refractivity contribution in [3.05, 3.63) is 0 Å². The number of hydrogen-bond acceptors (Lipinski definition) is 3. The molecular formula is C11H16N2O3. The lowest BCUT2D eigenvalue weighted by molar-refractivity contribution is -0.138. The van der Waals surface area contributed by atoms with E-state index in [0.717, 1.165) is 12.8 Å². The van der Waals surface area contributed by atoms with Gasteiger partial charge in [-0.3, -0.25) is 14.5 Å². The zero-order valence-electron chi connectivity index (χ0n) is 9.11. The molecule has 1 saturated carbocycles. The van der Waals surface area contributed by atoms with Gasteiger partial charge in [0.2, 0.25) is 5.91 Å². The fraction of sp³-hybridized carbons (Fsp3) is 0.636. The summed E-state index contributed by atoms with van der Waals surface area (Å²) in [6, 6.07) is 0.341. The number of nitrogens with zero attached hydrogens (tertiary/aromatic N) is 1. The smallest absolute Gasteiger partial charge is 0.317 e. The average Bonchev–Trinajstić information content (AvgIpc) is 2.97. The van der Waals surface area contributed by atoms with Crippen molar-refractivity contribution in [3.8, 4) is 12.3 Å². The number of amides is 1. The minimum absolute atomic E-state index is 0.0325. The van der Waals surface area contributed by atoms with Crippen molar-refractivity contribution < 1.29 is 14.7 Å². The fourth-order valence-electron chi connectivity index (χ4n) is 1.32. The summed E-state index contributed by atoms with van der Waals surface area (Å²) in [5.41, 5.74) is 0. The molecule has 0 saturated heterocycles. The number of hydrogen-bond donors (Lipinski definition) is 2. The van der Waals surface area contributed by atoms with Gasteiger partial charge in [-0.1, -0.05) is 5.92 Å². The van der Waals surface area contributed by atoms with Crippen LogP contribution in [0.2, 0.25) is 0 Å². The van der Waals surface area contributed by atoms with Crippen molar-refractivity contribution in [1.29, 1.82) is 0 Å². The number of carboxylic acid groups (broad SMARTS) is 1. The van der Waals surface area contributed by atoms with Gasteiger partial charge in [0.1, 0.15) is 0 Å². The minimum Gasteiger partial charge on any atom is -0.480 e. The highest BCUT2D eigenvalue weighted by Gasteiger charge is 2.23. The predicted molar refractivity (Wildman–Crippen MR) is 58.7 cm³/mol. The highest BCUT2D eigenvalue weighted by Crippen LogP contribution is 2.18. The van der Waals surface area contributed by atoms with Crippen LogP contribution in [-0.2, 0) is 9.59 Å². The molecule has 0 aromatic carbocycles. The number of aliphatic carboxylic acids is 1. The third-order valence-electron chi connectivity index (χ3n) is 2.27. The van der Waals surface area contributed by atoms with E-state index in [4.69, 9.17) is 11.5 Å². The molecule has 1 rings (SSSR count). The van der Waals surface area contributed by atoms with Crippen molar-refractivity contribution in [3.63, 3.8) is 0 Å². The normalized spacial score (nSPS) is 14.5. The van der Waals surface area contributed by atoms with Crippen molar-refractivity contribution in [2.75, 3.05) is 19.6 Å². The molecule has 1 amide bonds. The predicted octanol–water partition coefficient (Wildman–Crippen LogP) is -0.325. The number of terminal acetylenes is 1. The Morgan fingerprint density at radius 1 is 1.50 bits per heavy atom. The first-order chi connectivity index (χ1) is 7.61. The lowest BCUT2D eigenvalue weighted by Crippen LogP contribution is -2.35. The molecule has 0 heterocycles. The van der Waals surface area contributed by atoms with Gasteiger partial charge in [0.15, 0.2) is 0 Å². The molecule has 2 N–H and O–H groups in total. The molecule has 1 fully saturated rings. The third-order valence-corrected chi connectivity index (χ3v) is 2.27. The monoisotopic (exact) mass is 224 g/mol. The van der Waals surface area contributed by atoms with Crippen molar-refractivity contribution >= 4 is 11.9 Å². The van der Waals surface area contributed by atoms with E-state index in [9.17, 15) is 9.59 Å². The van der Waals surface area contributed by atoms with Crippen LogP contribution in [0.4, 0.5) is 0 Å². The van der Waals surface area contributed by atoms with E-state index >= 15 is 0 Å². The van der Waals surface area contributed by atoms with Crippen LogP contribution < -0.4 is 5.32 Å². The third kappa shape index (κ3) is 5.37. The molecular weight excluding hydrogens is 208 g/mol. The number of carboxylic acids is 1. The second-order valence-electron chi connectivity index (χ2n) is 3.90. The number of carbonyl (C=O) groups excluding carboxylic acids is 1. The topological polar surface area (TPSA) is 69.6 Å². The van der Waals surface area contributed by atoms with Gasteiger partial charge in [-0.25, -0.2) is 0 Å². The molecule has 0 radical (unpaired) electrons. The van der Waals surface area contributed by atoms with Crippen LogP contribution in [0.15, 0.2) is 0 Å². The Balaban J connectivity index is 2.22. The van der Waals surface area contributed by atoms with E-state index in [1.807, 2.05) is 0 Å². The molecule has 0 atom stereocenters. The number of carbonyl (C=O) groups is 2.